The van der Waals surface area contributed by atoms with Crippen LogP contribution in [0.25, 0.3) is 0 Å². The lowest BCUT2D eigenvalue weighted by Crippen LogP contribution is -2.26. The number of hydrogen-bond acceptors (Lipinski definition) is 4. The Morgan fingerprint density at radius 2 is 2.22 bits per heavy atom. The zero-order valence-electron chi connectivity index (χ0n) is 10.1. The zero-order chi connectivity index (χ0) is 13.0. The summed E-state index contributed by atoms with van der Waals surface area (Å²) < 4.78 is 6.69. The van der Waals surface area contributed by atoms with Crippen molar-refractivity contribution in [2.45, 2.75) is 25.5 Å². The Hall–Kier alpha value is -0.390. The molecular formula is C13H16ClNOS2. The summed E-state index contributed by atoms with van der Waals surface area (Å²) >= 11 is 9.24. The van der Waals surface area contributed by atoms with Gasteiger partial charge in [0.1, 0.15) is 6.10 Å². The van der Waals surface area contributed by atoms with Gasteiger partial charge in [-0.2, -0.15) is 0 Å². The first-order chi connectivity index (χ1) is 8.66. The van der Waals surface area contributed by atoms with Crippen molar-refractivity contribution in [2.75, 3.05) is 6.61 Å². The molecule has 0 aliphatic heterocycles. The number of rotatable bonds is 6. The van der Waals surface area contributed by atoms with Crippen molar-refractivity contribution in [3.63, 3.8) is 0 Å². The second-order valence-electron chi connectivity index (χ2n) is 4.12. The Balaban J connectivity index is 1.91. The highest BCUT2D eigenvalue weighted by atomic mass is 35.5. The maximum absolute atomic E-state index is 5.98. The van der Waals surface area contributed by atoms with Gasteiger partial charge < -0.3 is 10.5 Å². The normalized spacial score (nSPS) is 14.6. The van der Waals surface area contributed by atoms with E-state index in [1.807, 2.05) is 19.1 Å². The standard InChI is InChI=1S/C13H16ClNOS2/c1-9(15)13(11-4-5-12(14)18-11)16-7-6-10-3-2-8-17-10/h2-5,8-9,13H,6-7,15H2,1H3. The molecule has 2 aromatic rings. The molecule has 2 aromatic heterocycles. The van der Waals surface area contributed by atoms with Crippen molar-refractivity contribution in [1.29, 1.82) is 0 Å². The van der Waals surface area contributed by atoms with Gasteiger partial charge in [-0.3, -0.25) is 0 Å². The molecule has 0 aliphatic rings. The summed E-state index contributed by atoms with van der Waals surface area (Å²) in [4.78, 5) is 2.43. The van der Waals surface area contributed by atoms with E-state index >= 15 is 0 Å². The fourth-order valence-corrected chi connectivity index (χ4v) is 3.63. The van der Waals surface area contributed by atoms with Crippen LogP contribution in [-0.4, -0.2) is 12.6 Å². The molecule has 0 fully saturated rings. The lowest BCUT2D eigenvalue weighted by Gasteiger charge is -2.20. The summed E-state index contributed by atoms with van der Waals surface area (Å²) in [7, 11) is 0. The predicted octanol–water partition coefficient (Wildman–Crippen LogP) is 4.11. The maximum Gasteiger partial charge on any atom is 0.106 e. The Labute approximate surface area is 120 Å². The summed E-state index contributed by atoms with van der Waals surface area (Å²) in [6.07, 6.45) is 0.863. The molecule has 18 heavy (non-hydrogen) atoms. The van der Waals surface area contributed by atoms with Gasteiger partial charge >= 0.3 is 0 Å². The van der Waals surface area contributed by atoms with Crippen LogP contribution in [0.15, 0.2) is 29.6 Å². The molecule has 0 radical (unpaired) electrons. The number of hydrogen-bond donors (Lipinski definition) is 1. The van der Waals surface area contributed by atoms with E-state index in [1.54, 1.807) is 11.3 Å². The second kappa shape index (κ2) is 6.68. The summed E-state index contributed by atoms with van der Waals surface area (Å²) in [5.74, 6) is 0. The number of ether oxygens (including phenoxy) is 1. The molecule has 0 aliphatic carbocycles. The molecule has 98 valence electrons. The van der Waals surface area contributed by atoms with Crippen LogP contribution in [0.5, 0.6) is 0 Å². The molecule has 0 aromatic carbocycles. The minimum atomic E-state index is -0.0672. The fraction of sp³-hybridized carbons (Fsp3) is 0.385. The monoisotopic (exact) mass is 301 g/mol. The third-order valence-electron chi connectivity index (χ3n) is 2.58. The molecule has 2 nitrogen and oxygen atoms in total. The van der Waals surface area contributed by atoms with Gasteiger partial charge in [-0.1, -0.05) is 17.7 Å². The van der Waals surface area contributed by atoms with Crippen LogP contribution in [0.3, 0.4) is 0 Å². The zero-order valence-corrected chi connectivity index (χ0v) is 12.5. The first kappa shape index (κ1) is 14.0. The fourth-order valence-electron chi connectivity index (χ4n) is 1.72. The molecule has 2 rings (SSSR count). The van der Waals surface area contributed by atoms with Crippen LogP contribution < -0.4 is 5.73 Å². The molecule has 0 bridgehead atoms. The average Bonchev–Trinajstić information content (AvgIpc) is 2.95. The van der Waals surface area contributed by atoms with Gasteiger partial charge in [-0.15, -0.1) is 22.7 Å². The molecule has 0 spiro atoms. The topological polar surface area (TPSA) is 35.2 Å². The van der Waals surface area contributed by atoms with E-state index in [0.717, 1.165) is 15.6 Å². The van der Waals surface area contributed by atoms with E-state index in [-0.39, 0.29) is 12.1 Å². The van der Waals surface area contributed by atoms with Gasteiger partial charge in [0.25, 0.3) is 0 Å². The molecule has 2 unspecified atom stereocenters. The molecular weight excluding hydrogens is 286 g/mol. The summed E-state index contributed by atoms with van der Waals surface area (Å²) in [5, 5.41) is 2.08. The van der Waals surface area contributed by atoms with Crippen LogP contribution in [-0.2, 0) is 11.2 Å². The highest BCUT2D eigenvalue weighted by Crippen LogP contribution is 2.30. The lowest BCUT2D eigenvalue weighted by atomic mass is 10.1. The summed E-state index contributed by atoms with van der Waals surface area (Å²) in [5.41, 5.74) is 5.98. The van der Waals surface area contributed by atoms with Crippen molar-refractivity contribution in [3.8, 4) is 0 Å². The van der Waals surface area contributed by atoms with Crippen molar-refractivity contribution < 1.29 is 4.74 Å². The van der Waals surface area contributed by atoms with Crippen LogP contribution in [0, 0.1) is 0 Å². The van der Waals surface area contributed by atoms with Gasteiger partial charge in [0.2, 0.25) is 0 Å². The molecule has 5 heteroatoms. The highest BCUT2D eigenvalue weighted by molar-refractivity contribution is 7.16. The van der Waals surface area contributed by atoms with Crippen LogP contribution in [0.1, 0.15) is 22.8 Å². The number of thiophene rings is 2. The third kappa shape index (κ3) is 3.80. The Morgan fingerprint density at radius 1 is 1.39 bits per heavy atom. The first-order valence-electron chi connectivity index (χ1n) is 5.81. The number of halogens is 1. The van der Waals surface area contributed by atoms with Gasteiger partial charge in [0.05, 0.1) is 10.9 Å². The summed E-state index contributed by atoms with van der Waals surface area (Å²) in [6, 6.07) is 8.02. The van der Waals surface area contributed by atoms with E-state index in [1.165, 1.54) is 16.2 Å². The smallest absolute Gasteiger partial charge is 0.106 e. The van der Waals surface area contributed by atoms with E-state index in [2.05, 4.69) is 17.5 Å². The van der Waals surface area contributed by atoms with Crippen molar-refractivity contribution >= 4 is 34.3 Å². The van der Waals surface area contributed by atoms with E-state index < -0.39 is 0 Å². The van der Waals surface area contributed by atoms with E-state index in [4.69, 9.17) is 22.1 Å². The largest absolute Gasteiger partial charge is 0.371 e. The quantitative estimate of drug-likeness (QED) is 0.871. The van der Waals surface area contributed by atoms with Crippen molar-refractivity contribution in [3.05, 3.63) is 43.7 Å². The summed E-state index contributed by atoms with van der Waals surface area (Å²) in [6.45, 7) is 2.64. The van der Waals surface area contributed by atoms with Crippen LogP contribution >= 0.6 is 34.3 Å². The molecule has 2 N–H and O–H groups in total. The Kier molecular flexibility index (Phi) is 5.21. The highest BCUT2D eigenvalue weighted by Gasteiger charge is 2.18. The lowest BCUT2D eigenvalue weighted by molar-refractivity contribution is 0.0431. The van der Waals surface area contributed by atoms with Gasteiger partial charge in [-0.05, 0) is 30.5 Å². The van der Waals surface area contributed by atoms with Gasteiger partial charge in [0, 0.05) is 22.2 Å². The van der Waals surface area contributed by atoms with Gasteiger partial charge in [-0.25, -0.2) is 0 Å². The maximum atomic E-state index is 5.98. The molecule has 2 heterocycles. The second-order valence-corrected chi connectivity index (χ2v) is 6.90. The molecule has 2 atom stereocenters. The Bertz CT molecular complexity index is 467. The molecule has 0 saturated heterocycles. The van der Waals surface area contributed by atoms with E-state index in [0.29, 0.717) is 6.61 Å². The van der Waals surface area contributed by atoms with Crippen LogP contribution in [0.2, 0.25) is 4.34 Å². The predicted molar refractivity (Wildman–Crippen MR) is 79.7 cm³/mol. The first-order valence-corrected chi connectivity index (χ1v) is 7.89. The van der Waals surface area contributed by atoms with Crippen molar-refractivity contribution in [2.24, 2.45) is 5.73 Å². The third-order valence-corrected chi connectivity index (χ3v) is 4.81. The SMILES string of the molecule is CC(N)C(OCCc1cccs1)c1ccc(Cl)s1. The van der Waals surface area contributed by atoms with Crippen molar-refractivity contribution in [1.82, 2.24) is 0 Å². The minimum absolute atomic E-state index is 0.0388. The average molecular weight is 302 g/mol. The van der Waals surface area contributed by atoms with E-state index in [9.17, 15) is 0 Å². The Morgan fingerprint density at radius 3 is 2.78 bits per heavy atom. The number of nitrogens with two attached hydrogens (primary N) is 1. The molecule has 0 saturated carbocycles. The minimum Gasteiger partial charge on any atom is -0.371 e. The van der Waals surface area contributed by atoms with Crippen LogP contribution in [0.4, 0.5) is 0 Å². The molecule has 0 amide bonds. The van der Waals surface area contributed by atoms with Gasteiger partial charge in [0.15, 0.2) is 0 Å².